The highest BCUT2D eigenvalue weighted by atomic mass is 35.5. The van der Waals surface area contributed by atoms with E-state index in [-0.39, 0.29) is 16.6 Å². The van der Waals surface area contributed by atoms with Crippen LogP contribution in [-0.4, -0.2) is 28.8 Å². The van der Waals surface area contributed by atoms with E-state index in [1.165, 1.54) is 23.8 Å². The summed E-state index contributed by atoms with van der Waals surface area (Å²) in [7, 11) is 0. The SMILES string of the molecule is O=C(c1ccc(Cl)c([N+](=O)[O-])c1)N1CCC(c2ccccc2)C1. The minimum Gasteiger partial charge on any atom is -0.338 e. The Morgan fingerprint density at radius 3 is 2.65 bits per heavy atom. The summed E-state index contributed by atoms with van der Waals surface area (Å²) in [4.78, 5) is 24.7. The molecule has 1 atom stereocenters. The van der Waals surface area contributed by atoms with E-state index < -0.39 is 4.92 Å². The van der Waals surface area contributed by atoms with Gasteiger partial charge in [-0.2, -0.15) is 0 Å². The molecule has 1 aliphatic heterocycles. The summed E-state index contributed by atoms with van der Waals surface area (Å²) < 4.78 is 0. The van der Waals surface area contributed by atoms with Crippen molar-refractivity contribution in [3.05, 3.63) is 74.8 Å². The van der Waals surface area contributed by atoms with Gasteiger partial charge in [0, 0.05) is 30.6 Å². The molecule has 0 aliphatic carbocycles. The third-order valence-corrected chi connectivity index (χ3v) is 4.46. The van der Waals surface area contributed by atoms with Gasteiger partial charge in [0.25, 0.3) is 11.6 Å². The number of halogens is 1. The molecule has 3 rings (SSSR count). The zero-order valence-corrected chi connectivity index (χ0v) is 13.1. The van der Waals surface area contributed by atoms with Crippen LogP contribution < -0.4 is 0 Å². The fraction of sp³-hybridized carbons (Fsp3) is 0.235. The van der Waals surface area contributed by atoms with Crippen LogP contribution in [0.4, 0.5) is 5.69 Å². The van der Waals surface area contributed by atoms with Gasteiger partial charge in [0.05, 0.1) is 4.92 Å². The molecule has 0 aromatic heterocycles. The van der Waals surface area contributed by atoms with Crippen LogP contribution in [0.3, 0.4) is 0 Å². The maximum atomic E-state index is 12.6. The van der Waals surface area contributed by atoms with Crippen molar-refractivity contribution in [2.24, 2.45) is 0 Å². The van der Waals surface area contributed by atoms with Gasteiger partial charge in [-0.15, -0.1) is 0 Å². The highest BCUT2D eigenvalue weighted by Crippen LogP contribution is 2.30. The van der Waals surface area contributed by atoms with Gasteiger partial charge in [-0.05, 0) is 24.1 Å². The number of hydrogen-bond donors (Lipinski definition) is 0. The zero-order chi connectivity index (χ0) is 16.4. The topological polar surface area (TPSA) is 63.4 Å². The van der Waals surface area contributed by atoms with E-state index in [0.29, 0.717) is 24.6 Å². The number of nitro benzene ring substituents is 1. The number of carbonyl (C=O) groups excluding carboxylic acids is 1. The Labute approximate surface area is 138 Å². The lowest BCUT2D eigenvalue weighted by atomic mass is 9.99. The number of nitrogens with zero attached hydrogens (tertiary/aromatic N) is 2. The number of hydrogen-bond acceptors (Lipinski definition) is 3. The van der Waals surface area contributed by atoms with Crippen LogP contribution in [0, 0.1) is 10.1 Å². The molecule has 0 N–H and O–H groups in total. The minimum atomic E-state index is -0.574. The molecule has 0 radical (unpaired) electrons. The monoisotopic (exact) mass is 330 g/mol. The predicted octanol–water partition coefficient (Wildman–Crippen LogP) is 3.88. The van der Waals surface area contributed by atoms with E-state index in [1.807, 2.05) is 18.2 Å². The van der Waals surface area contributed by atoms with Crippen LogP contribution >= 0.6 is 11.6 Å². The lowest BCUT2D eigenvalue weighted by Crippen LogP contribution is -2.28. The third kappa shape index (κ3) is 3.19. The van der Waals surface area contributed by atoms with Gasteiger partial charge in [-0.3, -0.25) is 14.9 Å². The molecule has 1 unspecified atom stereocenters. The summed E-state index contributed by atoms with van der Waals surface area (Å²) in [6.45, 7) is 1.27. The van der Waals surface area contributed by atoms with Gasteiger partial charge in [0.15, 0.2) is 0 Å². The van der Waals surface area contributed by atoms with Crippen LogP contribution in [0.2, 0.25) is 5.02 Å². The Hall–Kier alpha value is -2.40. The highest BCUT2D eigenvalue weighted by Gasteiger charge is 2.28. The van der Waals surface area contributed by atoms with E-state index in [1.54, 1.807) is 4.90 Å². The summed E-state index contributed by atoms with van der Waals surface area (Å²) in [6, 6.07) is 14.3. The Morgan fingerprint density at radius 2 is 1.96 bits per heavy atom. The fourth-order valence-electron chi connectivity index (χ4n) is 2.91. The van der Waals surface area contributed by atoms with Crippen molar-refractivity contribution in [3.63, 3.8) is 0 Å². The number of nitro groups is 1. The van der Waals surface area contributed by atoms with Crippen molar-refractivity contribution < 1.29 is 9.72 Å². The maximum absolute atomic E-state index is 12.6. The molecule has 6 heteroatoms. The molecular weight excluding hydrogens is 316 g/mol. The predicted molar refractivity (Wildman–Crippen MR) is 87.8 cm³/mol. The van der Waals surface area contributed by atoms with Gasteiger partial charge < -0.3 is 4.90 Å². The molecule has 1 amide bonds. The Bertz CT molecular complexity index is 749. The molecule has 0 saturated carbocycles. The summed E-state index contributed by atoms with van der Waals surface area (Å²) in [5.41, 5.74) is 1.27. The lowest BCUT2D eigenvalue weighted by molar-refractivity contribution is -0.384. The number of likely N-dealkylation sites (tertiary alicyclic amines) is 1. The van der Waals surface area contributed by atoms with Crippen molar-refractivity contribution in [2.75, 3.05) is 13.1 Å². The molecule has 5 nitrogen and oxygen atoms in total. The van der Waals surface area contributed by atoms with E-state index in [2.05, 4.69) is 12.1 Å². The average Bonchev–Trinajstić information content (AvgIpc) is 3.05. The minimum absolute atomic E-state index is 0.0372. The van der Waals surface area contributed by atoms with Crippen molar-refractivity contribution in [2.45, 2.75) is 12.3 Å². The Morgan fingerprint density at radius 1 is 1.22 bits per heavy atom. The first-order valence-electron chi connectivity index (χ1n) is 7.34. The number of carbonyl (C=O) groups is 1. The van der Waals surface area contributed by atoms with Crippen LogP contribution in [0.25, 0.3) is 0 Å². The Balaban J connectivity index is 1.77. The standard InChI is InChI=1S/C17H15ClN2O3/c18-15-7-6-13(10-16(15)20(22)23)17(21)19-9-8-14(11-19)12-4-2-1-3-5-12/h1-7,10,14H,8-9,11H2. The lowest BCUT2D eigenvalue weighted by Gasteiger charge is -2.17. The number of benzene rings is 2. The summed E-state index contributed by atoms with van der Waals surface area (Å²) in [5.74, 6) is 0.116. The van der Waals surface area contributed by atoms with Crippen LogP contribution in [-0.2, 0) is 0 Å². The first-order valence-corrected chi connectivity index (χ1v) is 7.72. The number of amides is 1. The van der Waals surface area contributed by atoms with Crippen molar-refractivity contribution in [1.29, 1.82) is 0 Å². The van der Waals surface area contributed by atoms with E-state index in [4.69, 9.17) is 11.6 Å². The van der Waals surface area contributed by atoms with E-state index in [9.17, 15) is 14.9 Å². The smallest absolute Gasteiger partial charge is 0.288 e. The molecule has 23 heavy (non-hydrogen) atoms. The second-order valence-electron chi connectivity index (χ2n) is 5.57. The first kappa shape index (κ1) is 15.5. The summed E-state index contributed by atoms with van der Waals surface area (Å²) >= 11 is 5.79. The molecule has 1 heterocycles. The fourth-order valence-corrected chi connectivity index (χ4v) is 3.10. The largest absolute Gasteiger partial charge is 0.338 e. The maximum Gasteiger partial charge on any atom is 0.288 e. The molecule has 118 valence electrons. The first-order chi connectivity index (χ1) is 11.1. The molecule has 1 aliphatic rings. The quantitative estimate of drug-likeness (QED) is 0.633. The van der Waals surface area contributed by atoms with Gasteiger partial charge in [0.1, 0.15) is 5.02 Å². The molecule has 1 fully saturated rings. The molecule has 2 aromatic carbocycles. The van der Waals surface area contributed by atoms with E-state index >= 15 is 0 Å². The molecule has 2 aromatic rings. The van der Waals surface area contributed by atoms with Gasteiger partial charge >= 0.3 is 0 Å². The molecule has 1 saturated heterocycles. The van der Waals surface area contributed by atoms with Crippen LogP contribution in [0.5, 0.6) is 0 Å². The van der Waals surface area contributed by atoms with Gasteiger partial charge in [0.2, 0.25) is 0 Å². The van der Waals surface area contributed by atoms with Crippen LogP contribution in [0.1, 0.15) is 28.3 Å². The Kier molecular flexibility index (Phi) is 4.30. The summed E-state index contributed by atoms with van der Waals surface area (Å²) in [6.07, 6.45) is 0.894. The van der Waals surface area contributed by atoms with Crippen LogP contribution in [0.15, 0.2) is 48.5 Å². The average molecular weight is 331 g/mol. The number of rotatable bonds is 3. The molecular formula is C17H15ClN2O3. The molecule has 0 spiro atoms. The zero-order valence-electron chi connectivity index (χ0n) is 12.3. The van der Waals surface area contributed by atoms with Crippen molar-refractivity contribution in [1.82, 2.24) is 4.90 Å². The normalized spacial score (nSPS) is 17.3. The summed E-state index contributed by atoms with van der Waals surface area (Å²) in [5, 5.41) is 11.0. The highest BCUT2D eigenvalue weighted by molar-refractivity contribution is 6.32. The van der Waals surface area contributed by atoms with Crippen molar-refractivity contribution >= 4 is 23.2 Å². The van der Waals surface area contributed by atoms with Gasteiger partial charge in [-0.25, -0.2) is 0 Å². The van der Waals surface area contributed by atoms with Gasteiger partial charge in [-0.1, -0.05) is 41.9 Å². The van der Waals surface area contributed by atoms with E-state index in [0.717, 1.165) is 6.42 Å². The second-order valence-corrected chi connectivity index (χ2v) is 5.98. The third-order valence-electron chi connectivity index (χ3n) is 4.14. The second kappa shape index (κ2) is 6.38. The van der Waals surface area contributed by atoms with Crippen molar-refractivity contribution in [3.8, 4) is 0 Å². The molecule has 0 bridgehead atoms.